The van der Waals surface area contributed by atoms with Gasteiger partial charge in [0.05, 0.1) is 12.6 Å². The van der Waals surface area contributed by atoms with Crippen LogP contribution >= 0.6 is 0 Å². The fraction of sp³-hybridized carbons (Fsp3) is 0.412. The molecule has 0 radical (unpaired) electrons. The van der Waals surface area contributed by atoms with Crippen molar-refractivity contribution in [1.29, 1.82) is 0 Å². The Balaban J connectivity index is 1.69. The van der Waals surface area contributed by atoms with Crippen molar-refractivity contribution in [3.05, 3.63) is 42.9 Å². The summed E-state index contributed by atoms with van der Waals surface area (Å²) < 4.78 is 6.73. The predicted octanol–water partition coefficient (Wildman–Crippen LogP) is 0.0117. The molecule has 3 rings (SSSR count). The number of hydrogen-bond acceptors (Lipinski definition) is 5. The molecule has 2 aromatic heterocycles. The Bertz CT molecular complexity index is 756. The predicted molar refractivity (Wildman–Crippen MR) is 91.0 cm³/mol. The van der Waals surface area contributed by atoms with E-state index in [4.69, 9.17) is 4.42 Å². The van der Waals surface area contributed by atoms with Gasteiger partial charge < -0.3 is 24.5 Å². The summed E-state index contributed by atoms with van der Waals surface area (Å²) in [5.41, 5.74) is 0. The van der Waals surface area contributed by atoms with E-state index in [0.29, 0.717) is 13.0 Å². The minimum atomic E-state index is -0.618. The maximum atomic E-state index is 12.7. The molecule has 26 heavy (non-hydrogen) atoms. The third-order valence-corrected chi connectivity index (χ3v) is 4.23. The molecule has 2 N–H and O–H groups in total. The lowest BCUT2D eigenvalue weighted by Gasteiger charge is -2.23. The average molecular weight is 359 g/mol. The van der Waals surface area contributed by atoms with E-state index in [9.17, 15) is 14.4 Å². The number of likely N-dealkylation sites (N-methyl/N-ethyl adjacent to an activating group) is 1. The zero-order chi connectivity index (χ0) is 18.5. The van der Waals surface area contributed by atoms with Gasteiger partial charge in [-0.25, -0.2) is 4.98 Å². The zero-order valence-corrected chi connectivity index (χ0v) is 14.4. The van der Waals surface area contributed by atoms with Crippen LogP contribution in [0.4, 0.5) is 0 Å². The summed E-state index contributed by atoms with van der Waals surface area (Å²) in [6, 6.07) is 2.25. The van der Waals surface area contributed by atoms with Crippen LogP contribution in [0.3, 0.4) is 0 Å². The molecule has 3 heterocycles. The van der Waals surface area contributed by atoms with Gasteiger partial charge in [-0.2, -0.15) is 0 Å². The lowest BCUT2D eigenvalue weighted by atomic mass is 10.1. The first-order valence-electron chi connectivity index (χ1n) is 8.45. The van der Waals surface area contributed by atoms with Gasteiger partial charge in [-0.05, 0) is 25.5 Å². The summed E-state index contributed by atoms with van der Waals surface area (Å²) in [6.07, 6.45) is 6.59. The van der Waals surface area contributed by atoms with E-state index in [1.165, 1.54) is 11.2 Å². The van der Waals surface area contributed by atoms with E-state index in [-0.39, 0.29) is 42.6 Å². The quantitative estimate of drug-likeness (QED) is 0.755. The molecule has 0 aliphatic carbocycles. The molecule has 0 bridgehead atoms. The largest absolute Gasteiger partial charge is 0.459 e. The van der Waals surface area contributed by atoms with Gasteiger partial charge in [0.2, 0.25) is 11.8 Å². The summed E-state index contributed by atoms with van der Waals surface area (Å²) in [7, 11) is 0. The van der Waals surface area contributed by atoms with E-state index in [1.807, 2.05) is 6.92 Å². The Morgan fingerprint density at radius 3 is 2.88 bits per heavy atom. The van der Waals surface area contributed by atoms with Crippen LogP contribution < -0.4 is 10.6 Å². The van der Waals surface area contributed by atoms with Gasteiger partial charge >= 0.3 is 0 Å². The van der Waals surface area contributed by atoms with Gasteiger partial charge in [0.25, 0.3) is 5.91 Å². The highest BCUT2D eigenvalue weighted by Crippen LogP contribution is 2.19. The second-order valence-electron chi connectivity index (χ2n) is 6.07. The molecule has 0 saturated carbocycles. The maximum absolute atomic E-state index is 12.7. The highest BCUT2D eigenvalue weighted by molar-refractivity contribution is 5.92. The van der Waals surface area contributed by atoms with Crippen molar-refractivity contribution in [3.63, 3.8) is 0 Å². The van der Waals surface area contributed by atoms with Crippen molar-refractivity contribution >= 4 is 17.7 Å². The van der Waals surface area contributed by atoms with Gasteiger partial charge in [0.1, 0.15) is 12.6 Å². The van der Waals surface area contributed by atoms with Crippen molar-refractivity contribution in [2.45, 2.75) is 32.0 Å². The number of aromatic nitrogens is 2. The van der Waals surface area contributed by atoms with E-state index >= 15 is 0 Å². The third kappa shape index (κ3) is 3.93. The molecular formula is C17H21N5O4. The molecule has 138 valence electrons. The van der Waals surface area contributed by atoms with Crippen LogP contribution in [0.25, 0.3) is 0 Å². The Morgan fingerprint density at radius 1 is 1.38 bits per heavy atom. The number of rotatable bonds is 6. The van der Waals surface area contributed by atoms with E-state index in [1.54, 1.807) is 35.4 Å². The smallest absolute Gasteiger partial charge is 0.287 e. The normalized spacial score (nSPS) is 19.3. The fourth-order valence-electron chi connectivity index (χ4n) is 3.05. The standard InChI is InChI=1S/C17H21N5O4/c1-2-19-16(24)13-8-12(20-17(25)14-4-3-7-26-14)9-22(13)15(23)10-21-6-5-18-11-21/h3-7,11-13H,2,8-10H2,1H3,(H,19,24)(H,20,25)/t12-,13-/m0/s1. The van der Waals surface area contributed by atoms with Crippen molar-refractivity contribution < 1.29 is 18.8 Å². The van der Waals surface area contributed by atoms with Gasteiger partial charge in [-0.15, -0.1) is 0 Å². The third-order valence-electron chi connectivity index (χ3n) is 4.23. The molecule has 9 nitrogen and oxygen atoms in total. The number of amides is 3. The summed E-state index contributed by atoms with van der Waals surface area (Å²) >= 11 is 0. The average Bonchev–Trinajstić information content (AvgIpc) is 3.36. The lowest BCUT2D eigenvalue weighted by Crippen LogP contribution is -2.47. The summed E-state index contributed by atoms with van der Waals surface area (Å²) in [5.74, 6) is -0.587. The minimum absolute atomic E-state index is 0.0920. The number of furan rings is 1. The topological polar surface area (TPSA) is 109 Å². The number of nitrogens with zero attached hydrogens (tertiary/aromatic N) is 3. The molecule has 0 unspecified atom stereocenters. The fourth-order valence-corrected chi connectivity index (χ4v) is 3.05. The molecule has 1 aliphatic rings. The van der Waals surface area contributed by atoms with Crippen molar-refractivity contribution in [1.82, 2.24) is 25.1 Å². The van der Waals surface area contributed by atoms with Crippen LogP contribution in [0, 0.1) is 0 Å². The second kappa shape index (κ2) is 7.85. The van der Waals surface area contributed by atoms with Gasteiger partial charge in [-0.3, -0.25) is 14.4 Å². The molecule has 2 aromatic rings. The molecule has 3 amide bonds. The Morgan fingerprint density at radius 2 is 2.23 bits per heavy atom. The van der Waals surface area contributed by atoms with Gasteiger partial charge in [-0.1, -0.05) is 0 Å². The minimum Gasteiger partial charge on any atom is -0.459 e. The van der Waals surface area contributed by atoms with Crippen LogP contribution in [0.1, 0.15) is 23.9 Å². The van der Waals surface area contributed by atoms with E-state index < -0.39 is 6.04 Å². The van der Waals surface area contributed by atoms with Crippen molar-refractivity contribution in [2.24, 2.45) is 0 Å². The number of carbonyl (C=O) groups is 3. The summed E-state index contributed by atoms with van der Waals surface area (Å²) in [5, 5.41) is 5.58. The number of likely N-dealkylation sites (tertiary alicyclic amines) is 1. The summed E-state index contributed by atoms with van der Waals surface area (Å²) in [6.45, 7) is 2.65. The Labute approximate surface area is 150 Å². The molecule has 1 saturated heterocycles. The van der Waals surface area contributed by atoms with Gasteiger partial charge in [0.15, 0.2) is 5.76 Å². The monoisotopic (exact) mass is 359 g/mol. The molecular weight excluding hydrogens is 338 g/mol. The Kier molecular flexibility index (Phi) is 5.35. The number of carbonyl (C=O) groups excluding carboxylic acids is 3. The van der Waals surface area contributed by atoms with Crippen LogP contribution in [-0.4, -0.2) is 57.3 Å². The molecule has 0 aromatic carbocycles. The molecule has 1 aliphatic heterocycles. The molecule has 9 heteroatoms. The van der Waals surface area contributed by atoms with Gasteiger partial charge in [0, 0.05) is 31.5 Å². The first-order valence-corrected chi connectivity index (χ1v) is 8.45. The maximum Gasteiger partial charge on any atom is 0.287 e. The molecule has 1 fully saturated rings. The Hall–Kier alpha value is -3.10. The highest BCUT2D eigenvalue weighted by Gasteiger charge is 2.40. The lowest BCUT2D eigenvalue weighted by molar-refractivity contribution is -0.138. The van der Waals surface area contributed by atoms with E-state index in [0.717, 1.165) is 0 Å². The zero-order valence-electron chi connectivity index (χ0n) is 14.4. The van der Waals surface area contributed by atoms with Crippen LogP contribution in [0.5, 0.6) is 0 Å². The number of nitrogens with one attached hydrogen (secondary N) is 2. The first-order chi connectivity index (χ1) is 12.6. The van der Waals surface area contributed by atoms with Crippen molar-refractivity contribution in [3.8, 4) is 0 Å². The van der Waals surface area contributed by atoms with E-state index in [2.05, 4.69) is 15.6 Å². The number of hydrogen-bond donors (Lipinski definition) is 2. The highest BCUT2D eigenvalue weighted by atomic mass is 16.3. The molecule has 2 atom stereocenters. The molecule has 0 spiro atoms. The second-order valence-corrected chi connectivity index (χ2v) is 6.07. The SMILES string of the molecule is CCNC(=O)[C@@H]1C[C@H](NC(=O)c2ccco2)CN1C(=O)Cn1ccnc1. The summed E-state index contributed by atoms with van der Waals surface area (Å²) in [4.78, 5) is 42.6. The van der Waals surface area contributed by atoms with Crippen molar-refractivity contribution in [2.75, 3.05) is 13.1 Å². The number of imidazole rings is 1. The first kappa shape index (κ1) is 17.7. The van der Waals surface area contributed by atoms with Crippen LogP contribution in [0.2, 0.25) is 0 Å². The van der Waals surface area contributed by atoms with Crippen LogP contribution in [-0.2, 0) is 16.1 Å². The van der Waals surface area contributed by atoms with Crippen LogP contribution in [0.15, 0.2) is 41.5 Å².